The van der Waals surface area contributed by atoms with Gasteiger partial charge < -0.3 is 4.90 Å². The van der Waals surface area contributed by atoms with Crippen LogP contribution in [0.5, 0.6) is 0 Å². The lowest BCUT2D eigenvalue weighted by molar-refractivity contribution is 0.218. The molecule has 10 heavy (non-hydrogen) atoms. The van der Waals surface area contributed by atoms with Gasteiger partial charge in [-0.15, -0.1) is 0 Å². The van der Waals surface area contributed by atoms with Gasteiger partial charge in [0.05, 0.1) is 0 Å². The maximum Gasteiger partial charge on any atom is 0.337 e. The molecule has 0 rings (SSSR count). The highest BCUT2D eigenvalue weighted by Crippen LogP contribution is 1.77. The molecule has 0 aromatic rings. The normalized spacial score (nSPS) is 8.40. The molecule has 0 bridgehead atoms. The zero-order valence-electron chi connectivity index (χ0n) is 6.80. The van der Waals surface area contributed by atoms with E-state index in [-0.39, 0.29) is 6.03 Å². The summed E-state index contributed by atoms with van der Waals surface area (Å²) < 4.78 is 0. The first-order valence-electron chi connectivity index (χ1n) is 3.02. The smallest absolute Gasteiger partial charge is 0.329 e. The summed E-state index contributed by atoms with van der Waals surface area (Å²) in [6.07, 6.45) is 0. The molecule has 0 atom stereocenters. The lowest BCUT2D eigenvalue weighted by Crippen LogP contribution is -2.31. The summed E-state index contributed by atoms with van der Waals surface area (Å²) in [5.74, 6) is 0. The molecule has 0 saturated carbocycles. The topological polar surface area (TPSA) is 44.7 Å². The molecule has 0 aliphatic rings. The number of amides is 2. The molecule has 0 saturated heterocycles. The lowest BCUT2D eigenvalue weighted by atomic mass is 10.5. The van der Waals surface area contributed by atoms with Crippen LogP contribution in [-0.4, -0.2) is 30.7 Å². The van der Waals surface area contributed by atoms with E-state index in [1.807, 2.05) is 13.8 Å². The minimum absolute atomic E-state index is 0.207. The van der Waals surface area contributed by atoms with Crippen LogP contribution >= 0.6 is 0 Å². The summed E-state index contributed by atoms with van der Waals surface area (Å²) in [5.41, 5.74) is 3.19. The molecule has 0 heterocycles. The van der Waals surface area contributed by atoms with E-state index in [1.54, 1.807) is 14.1 Å². The summed E-state index contributed by atoms with van der Waals surface area (Å²) >= 11 is 0. The summed E-state index contributed by atoms with van der Waals surface area (Å²) in [6.45, 7) is 3.63. The molecule has 58 valence electrons. The van der Waals surface area contributed by atoms with Gasteiger partial charge in [0, 0.05) is 19.8 Å². The molecule has 4 heteroatoms. The van der Waals surface area contributed by atoms with Gasteiger partial charge in [-0.2, -0.15) is 5.10 Å². The first-order valence-corrected chi connectivity index (χ1v) is 3.02. The second kappa shape index (κ2) is 3.87. The van der Waals surface area contributed by atoms with Crippen molar-refractivity contribution in [1.82, 2.24) is 10.3 Å². The van der Waals surface area contributed by atoms with Gasteiger partial charge >= 0.3 is 6.03 Å². The fourth-order valence-electron chi connectivity index (χ4n) is 0.260. The van der Waals surface area contributed by atoms with E-state index >= 15 is 0 Å². The Hall–Kier alpha value is -1.06. The fourth-order valence-corrected chi connectivity index (χ4v) is 0.260. The third-order valence-corrected chi connectivity index (χ3v) is 0.781. The quantitative estimate of drug-likeness (QED) is 0.425. The van der Waals surface area contributed by atoms with Crippen molar-refractivity contribution in [3.63, 3.8) is 0 Å². The van der Waals surface area contributed by atoms with Crippen molar-refractivity contribution in [2.75, 3.05) is 14.1 Å². The van der Waals surface area contributed by atoms with Gasteiger partial charge in [-0.25, -0.2) is 10.2 Å². The van der Waals surface area contributed by atoms with E-state index in [4.69, 9.17) is 0 Å². The summed E-state index contributed by atoms with van der Waals surface area (Å²) in [5, 5.41) is 3.72. The minimum Gasteiger partial charge on any atom is -0.329 e. The lowest BCUT2D eigenvalue weighted by Gasteiger charge is -2.07. The Kier molecular flexibility index (Phi) is 3.46. The van der Waals surface area contributed by atoms with E-state index in [9.17, 15) is 4.79 Å². The second-order valence-electron chi connectivity index (χ2n) is 2.37. The van der Waals surface area contributed by atoms with Gasteiger partial charge in [0.15, 0.2) is 0 Å². The zero-order chi connectivity index (χ0) is 8.15. The van der Waals surface area contributed by atoms with Crippen molar-refractivity contribution in [1.29, 1.82) is 0 Å². The molecule has 0 aliphatic carbocycles. The molecule has 0 aromatic carbocycles. The number of hydrazone groups is 1. The standard InChI is InChI=1S/C6H13N3O/c1-5(2)7-8-6(10)9(3)4/h1-4H3,(H,8,10). The maximum atomic E-state index is 10.8. The van der Waals surface area contributed by atoms with Crippen molar-refractivity contribution in [3.05, 3.63) is 0 Å². The second-order valence-corrected chi connectivity index (χ2v) is 2.37. The van der Waals surface area contributed by atoms with E-state index in [1.165, 1.54) is 4.90 Å². The van der Waals surface area contributed by atoms with Crippen LogP contribution in [0.25, 0.3) is 0 Å². The van der Waals surface area contributed by atoms with Crippen LogP contribution in [0.3, 0.4) is 0 Å². The number of hydrogen-bond donors (Lipinski definition) is 1. The minimum atomic E-state index is -0.207. The van der Waals surface area contributed by atoms with Crippen molar-refractivity contribution in [2.45, 2.75) is 13.8 Å². The largest absolute Gasteiger partial charge is 0.337 e. The first-order chi connectivity index (χ1) is 4.54. The Labute approximate surface area is 60.9 Å². The van der Waals surface area contributed by atoms with Gasteiger partial charge in [-0.3, -0.25) is 0 Å². The average molecular weight is 143 g/mol. The molecule has 0 radical (unpaired) electrons. The molecule has 2 amide bonds. The first kappa shape index (κ1) is 8.94. The Bertz CT molecular complexity index is 147. The van der Waals surface area contributed by atoms with Crippen LogP contribution in [0.1, 0.15) is 13.8 Å². The van der Waals surface area contributed by atoms with Crippen LogP contribution in [0.2, 0.25) is 0 Å². The van der Waals surface area contributed by atoms with Crippen molar-refractivity contribution < 1.29 is 4.79 Å². The van der Waals surface area contributed by atoms with Crippen molar-refractivity contribution in [2.24, 2.45) is 5.10 Å². The molecular weight excluding hydrogens is 130 g/mol. The highest BCUT2D eigenvalue weighted by molar-refractivity contribution is 5.81. The highest BCUT2D eigenvalue weighted by Gasteiger charge is 1.98. The summed E-state index contributed by atoms with van der Waals surface area (Å²) in [7, 11) is 3.33. The fraction of sp³-hybridized carbons (Fsp3) is 0.667. The Balaban J connectivity index is 3.71. The molecule has 0 spiro atoms. The van der Waals surface area contributed by atoms with Gasteiger partial charge in [0.2, 0.25) is 0 Å². The van der Waals surface area contributed by atoms with Crippen molar-refractivity contribution >= 4 is 11.7 Å². The van der Waals surface area contributed by atoms with E-state index in [0.717, 1.165) is 5.71 Å². The number of hydrogen-bond acceptors (Lipinski definition) is 2. The number of urea groups is 1. The Morgan fingerprint density at radius 3 is 2.20 bits per heavy atom. The zero-order valence-corrected chi connectivity index (χ0v) is 6.80. The average Bonchev–Trinajstić information content (AvgIpc) is 1.82. The number of carbonyl (C=O) groups is 1. The molecule has 0 fully saturated rings. The van der Waals surface area contributed by atoms with E-state index in [2.05, 4.69) is 10.5 Å². The summed E-state index contributed by atoms with van der Waals surface area (Å²) in [4.78, 5) is 12.2. The third kappa shape index (κ3) is 3.88. The number of nitrogens with one attached hydrogen (secondary N) is 1. The van der Waals surface area contributed by atoms with Crippen LogP contribution in [-0.2, 0) is 0 Å². The van der Waals surface area contributed by atoms with Crippen LogP contribution in [0.4, 0.5) is 4.79 Å². The van der Waals surface area contributed by atoms with Crippen molar-refractivity contribution in [3.8, 4) is 0 Å². The predicted molar refractivity (Wildman–Crippen MR) is 41.0 cm³/mol. The third-order valence-electron chi connectivity index (χ3n) is 0.781. The molecule has 1 N–H and O–H groups in total. The number of rotatable bonds is 1. The van der Waals surface area contributed by atoms with Crippen LogP contribution in [0.15, 0.2) is 5.10 Å². The maximum absolute atomic E-state index is 10.8. The van der Waals surface area contributed by atoms with Crippen LogP contribution < -0.4 is 5.43 Å². The molecule has 4 nitrogen and oxygen atoms in total. The monoisotopic (exact) mass is 143 g/mol. The van der Waals surface area contributed by atoms with Gasteiger partial charge in [0.1, 0.15) is 0 Å². The summed E-state index contributed by atoms with van der Waals surface area (Å²) in [6, 6.07) is -0.207. The molecular formula is C6H13N3O. The Morgan fingerprint density at radius 1 is 1.40 bits per heavy atom. The molecule has 0 aromatic heterocycles. The number of nitrogens with zero attached hydrogens (tertiary/aromatic N) is 2. The van der Waals surface area contributed by atoms with E-state index in [0.29, 0.717) is 0 Å². The predicted octanol–water partition coefficient (Wildman–Crippen LogP) is 0.653. The SMILES string of the molecule is CC(C)=NNC(=O)N(C)C. The highest BCUT2D eigenvalue weighted by atomic mass is 16.2. The van der Waals surface area contributed by atoms with Crippen LogP contribution in [0, 0.1) is 0 Å². The Morgan fingerprint density at radius 2 is 1.90 bits per heavy atom. The van der Waals surface area contributed by atoms with Gasteiger partial charge in [-0.1, -0.05) is 0 Å². The van der Waals surface area contributed by atoms with Gasteiger partial charge in [0.25, 0.3) is 0 Å². The molecule has 0 unspecified atom stereocenters. The van der Waals surface area contributed by atoms with Gasteiger partial charge in [-0.05, 0) is 13.8 Å². The number of carbonyl (C=O) groups excluding carboxylic acids is 1. The molecule has 0 aliphatic heterocycles. The van der Waals surface area contributed by atoms with E-state index < -0.39 is 0 Å².